The third-order valence-corrected chi connectivity index (χ3v) is 7.42. The summed E-state index contributed by atoms with van der Waals surface area (Å²) >= 11 is 0. The van der Waals surface area contributed by atoms with Gasteiger partial charge in [0.15, 0.2) is 0 Å². The molecule has 2 aromatic carbocycles. The number of carbonyl (C=O) groups is 2. The Labute approximate surface area is 239 Å². The van der Waals surface area contributed by atoms with Crippen molar-refractivity contribution in [1.82, 2.24) is 0 Å². The number of benzene rings is 2. The molecule has 1 unspecified atom stereocenters. The first-order valence-electron chi connectivity index (χ1n) is 14.8. The largest absolute Gasteiger partial charge is 0.462 e. The fraction of sp³-hybridized carbons (Fsp3) is 0.515. The van der Waals surface area contributed by atoms with Crippen LogP contribution in [-0.2, 0) is 19.1 Å². The lowest BCUT2D eigenvalue weighted by atomic mass is 9.87. The van der Waals surface area contributed by atoms with Gasteiger partial charge in [0.1, 0.15) is 5.75 Å². The Morgan fingerprint density at radius 2 is 1.60 bits per heavy atom. The molecule has 1 aliphatic carbocycles. The molecular weight excluding hydrogens is 504 g/mol. The number of unbranched alkanes of at least 4 members (excludes halogenated alkanes) is 3. The molecule has 0 saturated heterocycles. The van der Waals surface area contributed by atoms with Gasteiger partial charge in [0, 0.05) is 30.0 Å². The van der Waals surface area contributed by atoms with Crippen LogP contribution >= 0.6 is 0 Å². The van der Waals surface area contributed by atoms with Crippen molar-refractivity contribution in [2.75, 3.05) is 24.7 Å². The van der Waals surface area contributed by atoms with E-state index in [-0.39, 0.29) is 30.5 Å². The third-order valence-electron chi connectivity index (χ3n) is 7.42. The van der Waals surface area contributed by atoms with E-state index >= 15 is 0 Å². The smallest absolute Gasteiger partial charge is 0.330 e. The van der Waals surface area contributed by atoms with Gasteiger partial charge in [-0.25, -0.2) is 4.79 Å². The number of anilines is 2. The fourth-order valence-electron chi connectivity index (χ4n) is 5.04. The first-order valence-corrected chi connectivity index (χ1v) is 14.8. The van der Waals surface area contributed by atoms with Crippen molar-refractivity contribution >= 4 is 29.4 Å². The lowest BCUT2D eigenvalue weighted by Crippen LogP contribution is -2.29. The van der Waals surface area contributed by atoms with E-state index in [1.54, 1.807) is 24.3 Å². The second kappa shape index (κ2) is 16.7. The summed E-state index contributed by atoms with van der Waals surface area (Å²) < 4.78 is 17.1. The second-order valence-corrected chi connectivity index (χ2v) is 10.8. The maximum absolute atomic E-state index is 12.7. The van der Waals surface area contributed by atoms with Crippen molar-refractivity contribution in [2.24, 2.45) is 5.92 Å². The minimum absolute atomic E-state index is 0.0328. The zero-order valence-corrected chi connectivity index (χ0v) is 24.1. The zero-order chi connectivity index (χ0) is 28.7. The van der Waals surface area contributed by atoms with Crippen molar-refractivity contribution in [3.05, 3.63) is 59.7 Å². The highest BCUT2D eigenvalue weighted by atomic mass is 16.5. The van der Waals surface area contributed by atoms with Crippen molar-refractivity contribution in [2.45, 2.75) is 90.1 Å². The van der Waals surface area contributed by atoms with E-state index in [9.17, 15) is 9.59 Å². The zero-order valence-electron chi connectivity index (χ0n) is 24.1. The predicted molar refractivity (Wildman–Crippen MR) is 161 cm³/mol. The molecule has 0 amide bonds. The van der Waals surface area contributed by atoms with Crippen LogP contribution in [0.15, 0.2) is 48.5 Å². The summed E-state index contributed by atoms with van der Waals surface area (Å²) in [6.45, 7) is 5.38. The molecule has 0 bridgehead atoms. The number of hydrogen-bond acceptors (Lipinski definition) is 7. The number of ether oxygens (including phenoxy) is 3. The minimum Gasteiger partial charge on any atom is -0.462 e. The average molecular weight is 551 g/mol. The molecule has 1 saturated carbocycles. The summed E-state index contributed by atoms with van der Waals surface area (Å²) in [7, 11) is 0. The van der Waals surface area contributed by atoms with Crippen LogP contribution in [0.4, 0.5) is 11.4 Å². The first-order chi connectivity index (χ1) is 19.4. The predicted octanol–water partition coefficient (Wildman–Crippen LogP) is 7.05. The summed E-state index contributed by atoms with van der Waals surface area (Å²) in [5, 5.41) is 0. The molecule has 4 N–H and O–H groups in total. The number of nitrogens with two attached hydrogens (primary N) is 2. The van der Waals surface area contributed by atoms with Crippen LogP contribution < -0.4 is 16.2 Å². The van der Waals surface area contributed by atoms with Crippen LogP contribution in [0.25, 0.3) is 6.08 Å². The number of hydrogen-bond donors (Lipinski definition) is 2. The molecule has 0 radical (unpaired) electrons. The summed E-state index contributed by atoms with van der Waals surface area (Å²) in [6.07, 6.45) is 13.2. The van der Waals surface area contributed by atoms with Crippen molar-refractivity contribution < 1.29 is 23.8 Å². The topological polar surface area (TPSA) is 114 Å². The molecule has 40 heavy (non-hydrogen) atoms. The van der Waals surface area contributed by atoms with E-state index in [2.05, 4.69) is 13.8 Å². The third kappa shape index (κ3) is 10.7. The van der Waals surface area contributed by atoms with Gasteiger partial charge in [-0.05, 0) is 86.1 Å². The molecule has 0 spiro atoms. The Balaban J connectivity index is 1.43. The molecule has 1 fully saturated rings. The van der Waals surface area contributed by atoms with Crippen LogP contribution in [0.3, 0.4) is 0 Å². The quantitative estimate of drug-likeness (QED) is 0.0802. The molecule has 218 valence electrons. The van der Waals surface area contributed by atoms with E-state index in [4.69, 9.17) is 25.7 Å². The Bertz CT molecular complexity index is 1070. The lowest BCUT2D eigenvalue weighted by Gasteiger charge is -2.27. The Morgan fingerprint density at radius 3 is 2.25 bits per heavy atom. The minimum atomic E-state index is -0.418. The van der Waals surface area contributed by atoms with Crippen LogP contribution in [-0.4, -0.2) is 31.3 Å². The first kappa shape index (κ1) is 31.2. The summed E-state index contributed by atoms with van der Waals surface area (Å²) in [6, 6.07) is 12.6. The highest BCUT2D eigenvalue weighted by Gasteiger charge is 2.28. The van der Waals surface area contributed by atoms with Crippen LogP contribution in [0, 0.1) is 5.92 Å². The Morgan fingerprint density at radius 1 is 0.925 bits per heavy atom. The van der Waals surface area contributed by atoms with Gasteiger partial charge in [-0.15, -0.1) is 0 Å². The number of carbonyl (C=O) groups excluding carboxylic acids is 2. The molecule has 2 aromatic rings. The SMILES string of the molecule is CCCCCOC1CCC(C(=O)Oc2ccc(/C=C/C(=O)OCC(CCCC)c3cc(N)cc(N)c3)cc2)CC1. The average Bonchev–Trinajstić information content (AvgIpc) is 2.95. The molecule has 0 aliphatic heterocycles. The second-order valence-electron chi connectivity index (χ2n) is 10.8. The van der Waals surface area contributed by atoms with Gasteiger partial charge in [-0.1, -0.05) is 51.7 Å². The maximum Gasteiger partial charge on any atom is 0.330 e. The molecule has 0 heterocycles. The van der Waals surface area contributed by atoms with E-state index in [0.717, 1.165) is 69.1 Å². The monoisotopic (exact) mass is 550 g/mol. The van der Waals surface area contributed by atoms with Gasteiger partial charge < -0.3 is 25.7 Å². The van der Waals surface area contributed by atoms with Crippen LogP contribution in [0.1, 0.15) is 95.1 Å². The molecule has 0 aromatic heterocycles. The van der Waals surface area contributed by atoms with Gasteiger partial charge in [-0.3, -0.25) is 4.79 Å². The van der Waals surface area contributed by atoms with E-state index in [1.165, 1.54) is 18.9 Å². The van der Waals surface area contributed by atoms with E-state index in [1.807, 2.05) is 24.3 Å². The lowest BCUT2D eigenvalue weighted by molar-refractivity contribution is -0.141. The Kier molecular flexibility index (Phi) is 13.0. The summed E-state index contributed by atoms with van der Waals surface area (Å²) in [4.78, 5) is 25.1. The molecule has 1 atom stereocenters. The Hall–Kier alpha value is -3.32. The molecule has 7 heteroatoms. The summed E-state index contributed by atoms with van der Waals surface area (Å²) in [5.41, 5.74) is 14.9. The summed E-state index contributed by atoms with van der Waals surface area (Å²) in [5.74, 6) is -0.155. The van der Waals surface area contributed by atoms with Gasteiger partial charge in [0.25, 0.3) is 0 Å². The van der Waals surface area contributed by atoms with Gasteiger partial charge in [-0.2, -0.15) is 0 Å². The molecule has 1 aliphatic rings. The van der Waals surface area contributed by atoms with Crippen molar-refractivity contribution in [1.29, 1.82) is 0 Å². The fourth-order valence-corrected chi connectivity index (χ4v) is 5.04. The van der Waals surface area contributed by atoms with Crippen LogP contribution in [0.5, 0.6) is 5.75 Å². The molecular formula is C33H46N2O5. The highest BCUT2D eigenvalue weighted by molar-refractivity contribution is 5.87. The number of nitrogen functional groups attached to an aromatic ring is 2. The van der Waals surface area contributed by atoms with E-state index < -0.39 is 5.97 Å². The van der Waals surface area contributed by atoms with E-state index in [0.29, 0.717) is 17.1 Å². The van der Waals surface area contributed by atoms with Gasteiger partial charge in [0.2, 0.25) is 0 Å². The molecule has 3 rings (SSSR count). The normalized spacial score (nSPS) is 17.9. The number of esters is 2. The van der Waals surface area contributed by atoms with Crippen molar-refractivity contribution in [3.63, 3.8) is 0 Å². The van der Waals surface area contributed by atoms with Gasteiger partial charge >= 0.3 is 11.9 Å². The maximum atomic E-state index is 12.7. The standard InChI is InChI=1S/C33H46N2O5/c1-3-5-7-19-38-30-16-12-25(13-17-30)33(37)40-31-14-9-24(10-15-31)11-18-32(36)39-23-26(8-6-4-2)27-20-28(34)22-29(35)21-27/h9-11,14-15,18,20-22,25-26,30H,3-8,12-13,16-17,19,23,34-35H2,1-2H3/b18-11+. The highest BCUT2D eigenvalue weighted by Crippen LogP contribution is 2.29. The van der Waals surface area contributed by atoms with Gasteiger partial charge in [0.05, 0.1) is 18.6 Å². The van der Waals surface area contributed by atoms with Crippen LogP contribution in [0.2, 0.25) is 0 Å². The molecule has 7 nitrogen and oxygen atoms in total. The van der Waals surface area contributed by atoms with Crippen molar-refractivity contribution in [3.8, 4) is 5.75 Å². The number of rotatable bonds is 15.